The standard InChI is InChI=1S/C18H34O/c1-5-19-18(17(2,3)4)13-11-16(12-14-18)15-9-7-6-8-10-15/h15-16H,5-14H2,1-4H3. The molecule has 1 heteroatoms. The second-order valence-corrected chi connectivity index (χ2v) is 7.91. The summed E-state index contributed by atoms with van der Waals surface area (Å²) in [6.07, 6.45) is 12.8. The minimum atomic E-state index is 0.146. The molecule has 0 saturated heterocycles. The van der Waals surface area contributed by atoms with Crippen molar-refractivity contribution in [1.82, 2.24) is 0 Å². The van der Waals surface area contributed by atoms with E-state index in [9.17, 15) is 0 Å². The minimum absolute atomic E-state index is 0.146. The van der Waals surface area contributed by atoms with E-state index in [2.05, 4.69) is 27.7 Å². The van der Waals surface area contributed by atoms with Crippen LogP contribution >= 0.6 is 0 Å². The molecular weight excluding hydrogens is 232 g/mol. The van der Waals surface area contributed by atoms with E-state index in [4.69, 9.17) is 4.74 Å². The van der Waals surface area contributed by atoms with E-state index < -0.39 is 0 Å². The van der Waals surface area contributed by atoms with Crippen LogP contribution in [-0.4, -0.2) is 12.2 Å². The van der Waals surface area contributed by atoms with Crippen LogP contribution in [0.1, 0.15) is 85.5 Å². The summed E-state index contributed by atoms with van der Waals surface area (Å²) in [5.41, 5.74) is 0.424. The molecule has 0 aromatic carbocycles. The molecule has 0 aromatic heterocycles. The lowest BCUT2D eigenvalue weighted by molar-refractivity contribution is -0.144. The fourth-order valence-corrected chi connectivity index (χ4v) is 4.57. The SMILES string of the molecule is CCOC1(C(C)(C)C)CCC(C2CCCCC2)CC1. The fraction of sp³-hybridized carbons (Fsp3) is 1.00. The largest absolute Gasteiger partial charge is 0.375 e. The molecule has 0 amide bonds. The quantitative estimate of drug-likeness (QED) is 0.648. The molecular formula is C18H34O. The van der Waals surface area contributed by atoms with Gasteiger partial charge in [0.15, 0.2) is 0 Å². The van der Waals surface area contributed by atoms with Gasteiger partial charge in [-0.05, 0) is 49.9 Å². The maximum Gasteiger partial charge on any atom is 0.0730 e. The first kappa shape index (κ1) is 15.4. The topological polar surface area (TPSA) is 9.23 Å². The van der Waals surface area contributed by atoms with Crippen LogP contribution in [0.25, 0.3) is 0 Å². The van der Waals surface area contributed by atoms with Gasteiger partial charge in [-0.2, -0.15) is 0 Å². The smallest absolute Gasteiger partial charge is 0.0730 e. The molecule has 2 saturated carbocycles. The van der Waals surface area contributed by atoms with Crippen LogP contribution in [0.2, 0.25) is 0 Å². The Bertz CT molecular complexity index is 262. The second kappa shape index (κ2) is 6.16. The maximum absolute atomic E-state index is 6.27. The van der Waals surface area contributed by atoms with Crippen molar-refractivity contribution in [2.75, 3.05) is 6.61 Å². The van der Waals surface area contributed by atoms with Gasteiger partial charge in [-0.1, -0.05) is 52.9 Å². The molecule has 2 fully saturated rings. The van der Waals surface area contributed by atoms with Gasteiger partial charge in [-0.15, -0.1) is 0 Å². The summed E-state index contributed by atoms with van der Waals surface area (Å²) in [4.78, 5) is 0. The Morgan fingerprint density at radius 1 is 0.895 bits per heavy atom. The molecule has 0 unspecified atom stereocenters. The highest BCUT2D eigenvalue weighted by molar-refractivity contribution is 4.97. The lowest BCUT2D eigenvalue weighted by Crippen LogP contribution is -2.48. The number of hydrogen-bond donors (Lipinski definition) is 0. The highest BCUT2D eigenvalue weighted by atomic mass is 16.5. The summed E-state index contributed by atoms with van der Waals surface area (Å²) in [6.45, 7) is 10.1. The van der Waals surface area contributed by atoms with Gasteiger partial charge in [0.25, 0.3) is 0 Å². The Hall–Kier alpha value is -0.0400. The van der Waals surface area contributed by atoms with Crippen molar-refractivity contribution >= 4 is 0 Å². The molecule has 2 aliphatic rings. The molecule has 1 nitrogen and oxygen atoms in total. The highest BCUT2D eigenvalue weighted by Crippen LogP contribution is 2.49. The molecule has 19 heavy (non-hydrogen) atoms. The third-order valence-corrected chi connectivity index (χ3v) is 5.94. The van der Waals surface area contributed by atoms with Gasteiger partial charge in [0.05, 0.1) is 5.60 Å². The molecule has 2 aliphatic carbocycles. The molecule has 0 aliphatic heterocycles. The van der Waals surface area contributed by atoms with Crippen LogP contribution < -0.4 is 0 Å². The van der Waals surface area contributed by atoms with E-state index in [0.717, 1.165) is 18.4 Å². The van der Waals surface area contributed by atoms with Crippen molar-refractivity contribution in [2.45, 2.75) is 91.1 Å². The van der Waals surface area contributed by atoms with Gasteiger partial charge in [0, 0.05) is 6.61 Å². The van der Waals surface area contributed by atoms with Crippen molar-refractivity contribution < 1.29 is 4.74 Å². The van der Waals surface area contributed by atoms with Gasteiger partial charge in [-0.3, -0.25) is 0 Å². The van der Waals surface area contributed by atoms with Crippen LogP contribution in [-0.2, 0) is 4.74 Å². The van der Waals surface area contributed by atoms with E-state index >= 15 is 0 Å². The van der Waals surface area contributed by atoms with Gasteiger partial charge in [-0.25, -0.2) is 0 Å². The zero-order valence-electron chi connectivity index (χ0n) is 13.6. The van der Waals surface area contributed by atoms with Gasteiger partial charge in [0.1, 0.15) is 0 Å². The summed E-state index contributed by atoms with van der Waals surface area (Å²) in [5.74, 6) is 2.03. The third-order valence-electron chi connectivity index (χ3n) is 5.94. The fourth-order valence-electron chi connectivity index (χ4n) is 4.57. The summed E-state index contributed by atoms with van der Waals surface area (Å²) in [5, 5.41) is 0. The van der Waals surface area contributed by atoms with Crippen LogP contribution in [0.5, 0.6) is 0 Å². The monoisotopic (exact) mass is 266 g/mol. The molecule has 0 bridgehead atoms. The molecule has 0 atom stereocenters. The van der Waals surface area contributed by atoms with Crippen LogP contribution in [0, 0.1) is 17.3 Å². The van der Waals surface area contributed by atoms with Crippen LogP contribution in [0.3, 0.4) is 0 Å². The van der Waals surface area contributed by atoms with Crippen molar-refractivity contribution in [3.63, 3.8) is 0 Å². The molecule has 2 rings (SSSR count). The first-order valence-electron chi connectivity index (χ1n) is 8.62. The van der Waals surface area contributed by atoms with Crippen molar-refractivity contribution in [3.8, 4) is 0 Å². The molecule has 0 radical (unpaired) electrons. The second-order valence-electron chi connectivity index (χ2n) is 7.91. The van der Waals surface area contributed by atoms with E-state index in [-0.39, 0.29) is 11.0 Å². The Balaban J connectivity index is 1.95. The van der Waals surface area contributed by atoms with Gasteiger partial charge >= 0.3 is 0 Å². The Labute approximate surface area is 120 Å². The van der Waals surface area contributed by atoms with E-state index in [1.54, 1.807) is 0 Å². The van der Waals surface area contributed by atoms with Crippen molar-refractivity contribution in [3.05, 3.63) is 0 Å². The van der Waals surface area contributed by atoms with Gasteiger partial charge in [0.2, 0.25) is 0 Å². The van der Waals surface area contributed by atoms with E-state index in [1.807, 2.05) is 0 Å². The zero-order chi connectivity index (χ0) is 13.9. The van der Waals surface area contributed by atoms with Crippen LogP contribution in [0.4, 0.5) is 0 Å². The summed E-state index contributed by atoms with van der Waals surface area (Å²) >= 11 is 0. The molecule has 0 aromatic rings. The maximum atomic E-state index is 6.27. The van der Waals surface area contributed by atoms with Crippen LogP contribution in [0.15, 0.2) is 0 Å². The Morgan fingerprint density at radius 3 is 1.89 bits per heavy atom. The summed E-state index contributed by atoms with van der Waals surface area (Å²) in [7, 11) is 0. The lowest BCUT2D eigenvalue weighted by atomic mass is 9.62. The molecule has 0 N–H and O–H groups in total. The third kappa shape index (κ3) is 3.35. The predicted octanol–water partition coefficient (Wildman–Crippen LogP) is 5.58. The number of hydrogen-bond acceptors (Lipinski definition) is 1. The van der Waals surface area contributed by atoms with Crippen molar-refractivity contribution in [1.29, 1.82) is 0 Å². The molecule has 0 heterocycles. The molecule has 0 spiro atoms. The summed E-state index contributed by atoms with van der Waals surface area (Å²) < 4.78 is 6.27. The Kier molecular flexibility index (Phi) is 4.98. The highest BCUT2D eigenvalue weighted by Gasteiger charge is 2.46. The predicted molar refractivity (Wildman–Crippen MR) is 82.3 cm³/mol. The number of rotatable bonds is 3. The first-order valence-corrected chi connectivity index (χ1v) is 8.62. The minimum Gasteiger partial charge on any atom is -0.375 e. The zero-order valence-corrected chi connectivity index (χ0v) is 13.6. The first-order chi connectivity index (χ1) is 8.98. The van der Waals surface area contributed by atoms with Gasteiger partial charge < -0.3 is 4.74 Å². The normalized spacial score (nSPS) is 34.4. The van der Waals surface area contributed by atoms with E-state index in [1.165, 1.54) is 57.8 Å². The Morgan fingerprint density at radius 2 is 1.42 bits per heavy atom. The van der Waals surface area contributed by atoms with Crippen molar-refractivity contribution in [2.24, 2.45) is 17.3 Å². The summed E-state index contributed by atoms with van der Waals surface area (Å²) in [6, 6.07) is 0. The number of ether oxygens (including phenoxy) is 1. The average Bonchev–Trinajstić information content (AvgIpc) is 2.40. The lowest BCUT2D eigenvalue weighted by Gasteiger charge is -2.50. The van der Waals surface area contributed by atoms with E-state index in [0.29, 0.717) is 0 Å². The molecule has 112 valence electrons. The average molecular weight is 266 g/mol.